The van der Waals surface area contributed by atoms with E-state index in [4.69, 9.17) is 28.9 Å². The Morgan fingerprint density at radius 2 is 2.06 bits per heavy atom. The fraction of sp³-hybridized carbons (Fsp3) is 0.455. The Morgan fingerprint density at radius 1 is 1.33 bits per heavy atom. The quantitative estimate of drug-likeness (QED) is 0.927. The summed E-state index contributed by atoms with van der Waals surface area (Å²) in [6, 6.07) is 5.14. The van der Waals surface area contributed by atoms with Crippen molar-refractivity contribution in [2.24, 2.45) is 5.73 Å². The topological polar surface area (TPSA) is 63.4 Å². The molecule has 0 spiro atoms. The highest BCUT2D eigenvalue weighted by Crippen LogP contribution is 2.27. The molecule has 7 heteroatoms. The molecule has 0 saturated carbocycles. The van der Waals surface area contributed by atoms with Gasteiger partial charge in [-0.2, -0.15) is 4.31 Å². The van der Waals surface area contributed by atoms with Gasteiger partial charge in [-0.15, -0.1) is 0 Å². The fourth-order valence-corrected chi connectivity index (χ4v) is 4.10. The molecule has 18 heavy (non-hydrogen) atoms. The van der Waals surface area contributed by atoms with Gasteiger partial charge in [0.05, 0.1) is 15.3 Å². The molecule has 2 N–H and O–H groups in total. The highest BCUT2D eigenvalue weighted by atomic mass is 35.5. The Kier molecular flexibility index (Phi) is 4.18. The van der Waals surface area contributed by atoms with Gasteiger partial charge in [0, 0.05) is 19.6 Å². The van der Waals surface area contributed by atoms with E-state index in [2.05, 4.69) is 0 Å². The number of hydrogen-bond donors (Lipinski definition) is 1. The van der Waals surface area contributed by atoms with Gasteiger partial charge < -0.3 is 5.73 Å². The standard InChI is InChI=1S/C11H14Cl2N2O2S/c12-10-2-1-8(5-11(10)13)7-15-4-3-9(6-14)18(15,16)17/h1-2,5,9H,3-4,6-7,14H2/t9-/m1/s1. The van der Waals surface area contributed by atoms with E-state index in [-0.39, 0.29) is 6.54 Å². The second-order valence-corrected chi connectivity index (χ2v) is 7.30. The number of hydrogen-bond acceptors (Lipinski definition) is 3. The lowest BCUT2D eigenvalue weighted by atomic mass is 10.2. The summed E-state index contributed by atoms with van der Waals surface area (Å²) in [5, 5.41) is 0.436. The van der Waals surface area contributed by atoms with Gasteiger partial charge in [-0.3, -0.25) is 0 Å². The van der Waals surface area contributed by atoms with Crippen molar-refractivity contribution in [2.75, 3.05) is 13.1 Å². The lowest BCUT2D eigenvalue weighted by Gasteiger charge is -2.16. The van der Waals surface area contributed by atoms with Crippen molar-refractivity contribution < 1.29 is 8.42 Å². The minimum absolute atomic E-state index is 0.167. The molecule has 1 fully saturated rings. The predicted molar refractivity (Wildman–Crippen MR) is 73.3 cm³/mol. The van der Waals surface area contributed by atoms with Crippen molar-refractivity contribution in [3.63, 3.8) is 0 Å². The summed E-state index contributed by atoms with van der Waals surface area (Å²) < 4.78 is 25.6. The number of sulfonamides is 1. The van der Waals surface area contributed by atoms with E-state index in [0.29, 0.717) is 29.6 Å². The number of halogens is 2. The van der Waals surface area contributed by atoms with Crippen molar-refractivity contribution in [1.29, 1.82) is 0 Å². The van der Waals surface area contributed by atoms with Gasteiger partial charge >= 0.3 is 0 Å². The van der Waals surface area contributed by atoms with Crippen LogP contribution in [0.3, 0.4) is 0 Å². The molecule has 0 aromatic heterocycles. The van der Waals surface area contributed by atoms with Crippen LogP contribution in [0, 0.1) is 0 Å². The maximum absolute atomic E-state index is 12.1. The molecule has 0 bridgehead atoms. The van der Waals surface area contributed by atoms with E-state index in [0.717, 1.165) is 5.56 Å². The van der Waals surface area contributed by atoms with Gasteiger partial charge in [0.1, 0.15) is 0 Å². The highest BCUT2D eigenvalue weighted by molar-refractivity contribution is 7.90. The molecular weight excluding hydrogens is 295 g/mol. The summed E-state index contributed by atoms with van der Waals surface area (Å²) in [5.41, 5.74) is 6.29. The first-order valence-electron chi connectivity index (χ1n) is 5.58. The second kappa shape index (κ2) is 5.35. The molecule has 100 valence electrons. The van der Waals surface area contributed by atoms with Crippen molar-refractivity contribution >= 4 is 33.2 Å². The largest absolute Gasteiger partial charge is 0.329 e. The Hall–Kier alpha value is -0.330. The summed E-state index contributed by atoms with van der Waals surface area (Å²) >= 11 is 11.7. The van der Waals surface area contributed by atoms with Crippen molar-refractivity contribution in [3.05, 3.63) is 33.8 Å². The molecule has 1 aliphatic rings. The summed E-state index contributed by atoms with van der Waals surface area (Å²) in [5.74, 6) is 0. The zero-order valence-electron chi connectivity index (χ0n) is 9.64. The van der Waals surface area contributed by atoms with E-state index in [1.165, 1.54) is 4.31 Å². The second-order valence-electron chi connectivity index (χ2n) is 4.27. The van der Waals surface area contributed by atoms with Crippen LogP contribution in [0.2, 0.25) is 10.0 Å². The Balaban J connectivity index is 2.18. The van der Waals surface area contributed by atoms with Gasteiger partial charge in [-0.1, -0.05) is 29.3 Å². The van der Waals surface area contributed by atoms with Crippen LogP contribution in [-0.2, 0) is 16.6 Å². The van der Waals surface area contributed by atoms with E-state index in [9.17, 15) is 8.42 Å². The van der Waals surface area contributed by atoms with Gasteiger partial charge in [0.25, 0.3) is 0 Å². The lowest BCUT2D eigenvalue weighted by Crippen LogP contribution is -2.32. The Morgan fingerprint density at radius 3 is 2.61 bits per heavy atom. The number of benzene rings is 1. The third-order valence-electron chi connectivity index (χ3n) is 3.09. The van der Waals surface area contributed by atoms with Gasteiger partial charge in [-0.25, -0.2) is 8.42 Å². The smallest absolute Gasteiger partial charge is 0.218 e. The molecule has 0 amide bonds. The fourth-order valence-electron chi connectivity index (χ4n) is 2.03. The van der Waals surface area contributed by atoms with Crippen LogP contribution in [0.5, 0.6) is 0 Å². The molecule has 1 aliphatic heterocycles. The molecule has 1 saturated heterocycles. The normalized spacial score (nSPS) is 23.4. The molecule has 2 rings (SSSR count). The first-order valence-corrected chi connectivity index (χ1v) is 7.84. The molecule has 4 nitrogen and oxygen atoms in total. The summed E-state index contributed by atoms with van der Waals surface area (Å²) in [4.78, 5) is 0. The summed E-state index contributed by atoms with van der Waals surface area (Å²) in [6.45, 7) is 0.986. The monoisotopic (exact) mass is 308 g/mol. The van der Waals surface area contributed by atoms with Crippen LogP contribution >= 0.6 is 23.2 Å². The van der Waals surface area contributed by atoms with Crippen molar-refractivity contribution in [3.8, 4) is 0 Å². The van der Waals surface area contributed by atoms with Crippen LogP contribution in [0.1, 0.15) is 12.0 Å². The van der Waals surface area contributed by atoms with E-state index >= 15 is 0 Å². The summed E-state index contributed by atoms with van der Waals surface area (Å²) in [7, 11) is -3.27. The average Bonchev–Trinajstić information content (AvgIpc) is 2.59. The lowest BCUT2D eigenvalue weighted by molar-refractivity contribution is 0.440. The number of nitrogens with zero attached hydrogens (tertiary/aromatic N) is 1. The molecule has 1 aromatic carbocycles. The van der Waals surface area contributed by atoms with Gasteiger partial charge in [-0.05, 0) is 24.1 Å². The number of nitrogens with two attached hydrogens (primary N) is 1. The van der Waals surface area contributed by atoms with E-state index in [1.807, 2.05) is 0 Å². The van der Waals surface area contributed by atoms with Crippen LogP contribution in [0.15, 0.2) is 18.2 Å². The molecule has 1 aromatic rings. The van der Waals surface area contributed by atoms with Crippen molar-refractivity contribution in [1.82, 2.24) is 4.31 Å². The molecular formula is C11H14Cl2N2O2S. The maximum atomic E-state index is 12.1. The van der Waals surface area contributed by atoms with E-state index in [1.54, 1.807) is 18.2 Å². The minimum atomic E-state index is -3.27. The maximum Gasteiger partial charge on any atom is 0.218 e. The Bertz CT molecular complexity index is 548. The van der Waals surface area contributed by atoms with Gasteiger partial charge in [0.2, 0.25) is 10.0 Å². The minimum Gasteiger partial charge on any atom is -0.329 e. The molecule has 0 radical (unpaired) electrons. The SMILES string of the molecule is NC[C@H]1CCN(Cc2ccc(Cl)c(Cl)c2)S1(=O)=O. The summed E-state index contributed by atoms with van der Waals surface area (Å²) in [6.07, 6.45) is 0.583. The van der Waals surface area contributed by atoms with E-state index < -0.39 is 15.3 Å². The molecule has 1 atom stereocenters. The first-order chi connectivity index (χ1) is 8.45. The highest BCUT2D eigenvalue weighted by Gasteiger charge is 2.37. The zero-order chi connectivity index (χ0) is 13.3. The van der Waals surface area contributed by atoms with Gasteiger partial charge in [0.15, 0.2) is 0 Å². The Labute approximate surface area is 117 Å². The zero-order valence-corrected chi connectivity index (χ0v) is 12.0. The first kappa shape index (κ1) is 14.1. The third kappa shape index (κ3) is 2.65. The van der Waals surface area contributed by atoms with Crippen LogP contribution in [0.4, 0.5) is 0 Å². The molecule has 1 heterocycles. The number of rotatable bonds is 3. The van der Waals surface area contributed by atoms with Crippen LogP contribution in [-0.4, -0.2) is 31.1 Å². The van der Waals surface area contributed by atoms with Crippen LogP contribution < -0.4 is 5.73 Å². The van der Waals surface area contributed by atoms with Crippen molar-refractivity contribution in [2.45, 2.75) is 18.2 Å². The third-order valence-corrected chi connectivity index (χ3v) is 6.13. The molecule has 0 aliphatic carbocycles. The van der Waals surface area contributed by atoms with Crippen LogP contribution in [0.25, 0.3) is 0 Å². The average molecular weight is 309 g/mol. The molecule has 0 unspecified atom stereocenters. The predicted octanol–water partition coefficient (Wildman–Crippen LogP) is 1.86.